The molecule has 0 unspecified atom stereocenters. The zero-order valence-electron chi connectivity index (χ0n) is 22.7. The van der Waals surface area contributed by atoms with Gasteiger partial charge < -0.3 is 31.9 Å². The van der Waals surface area contributed by atoms with Crippen LogP contribution in [0.3, 0.4) is 0 Å². The van der Waals surface area contributed by atoms with E-state index >= 15 is 0 Å². The molecular weight excluding hydrogens is 556 g/mol. The van der Waals surface area contributed by atoms with Gasteiger partial charge in [-0.15, -0.1) is 0 Å². The Bertz CT molecular complexity index is 1100. The summed E-state index contributed by atoms with van der Waals surface area (Å²) >= 11 is 0. The van der Waals surface area contributed by atoms with Gasteiger partial charge in [0.05, 0.1) is 6.42 Å². The molecule has 2 aliphatic heterocycles. The molecule has 218 valence electrons. The van der Waals surface area contributed by atoms with Gasteiger partial charge in [0.2, 0.25) is 35.4 Å². The molecular formula is C26H36N6O6S2. The summed E-state index contributed by atoms with van der Waals surface area (Å²) in [5.74, 6) is -3.31. The molecule has 1 aromatic carbocycles. The molecule has 2 fully saturated rings. The lowest BCUT2D eigenvalue weighted by Crippen LogP contribution is -2.61. The Balaban J connectivity index is 2.02. The highest BCUT2D eigenvalue weighted by atomic mass is 33.1. The zero-order valence-corrected chi connectivity index (χ0v) is 24.3. The number of rotatable bonds is 3. The van der Waals surface area contributed by atoms with E-state index in [1.165, 1.54) is 28.5 Å². The van der Waals surface area contributed by atoms with Crippen molar-refractivity contribution in [2.24, 2.45) is 5.92 Å². The number of fused-ring (bicyclic) bond motifs is 7. The zero-order chi connectivity index (χ0) is 29.2. The summed E-state index contributed by atoms with van der Waals surface area (Å²) in [6, 6.07) is 3.71. The molecule has 3 rings (SSSR count). The van der Waals surface area contributed by atoms with E-state index in [1.54, 1.807) is 13.8 Å². The number of carbonyl (C=O) groups is 6. The average molecular weight is 593 g/mol. The Morgan fingerprint density at radius 3 is 2.17 bits per heavy atom. The smallest absolute Gasteiger partial charge is 0.244 e. The van der Waals surface area contributed by atoms with E-state index in [1.807, 2.05) is 30.3 Å². The van der Waals surface area contributed by atoms with Gasteiger partial charge in [0, 0.05) is 24.5 Å². The van der Waals surface area contributed by atoms with Crippen LogP contribution in [0.4, 0.5) is 0 Å². The van der Waals surface area contributed by atoms with Crippen LogP contribution in [0.1, 0.15) is 32.8 Å². The van der Waals surface area contributed by atoms with Gasteiger partial charge in [-0.1, -0.05) is 65.8 Å². The highest BCUT2D eigenvalue weighted by Gasteiger charge is 2.34. The van der Waals surface area contributed by atoms with E-state index < -0.39 is 72.1 Å². The van der Waals surface area contributed by atoms with Gasteiger partial charge in [-0.2, -0.15) is 0 Å². The van der Waals surface area contributed by atoms with Gasteiger partial charge in [0.25, 0.3) is 0 Å². The van der Waals surface area contributed by atoms with Gasteiger partial charge in [0.1, 0.15) is 30.2 Å². The lowest BCUT2D eigenvalue weighted by Gasteiger charge is -2.28. The van der Waals surface area contributed by atoms with Crippen LogP contribution in [0.15, 0.2) is 30.3 Å². The first-order chi connectivity index (χ1) is 19.0. The molecule has 14 heteroatoms. The van der Waals surface area contributed by atoms with Crippen molar-refractivity contribution >= 4 is 57.0 Å². The number of hydrogen-bond donors (Lipinski definition) is 6. The van der Waals surface area contributed by atoms with Crippen LogP contribution in [0.2, 0.25) is 0 Å². The topological polar surface area (TPSA) is 175 Å². The molecule has 2 aliphatic rings. The number of amides is 6. The lowest BCUT2D eigenvalue weighted by atomic mass is 10.0. The summed E-state index contributed by atoms with van der Waals surface area (Å²) in [4.78, 5) is 79.0. The summed E-state index contributed by atoms with van der Waals surface area (Å²) in [5, 5.41) is 16.0. The van der Waals surface area contributed by atoms with Gasteiger partial charge >= 0.3 is 0 Å². The average Bonchev–Trinajstić information content (AvgIpc) is 2.91. The monoisotopic (exact) mass is 592 g/mol. The standard InChI is InChI=1S/C26H36N6O6S2/c1-14(2)21-26(38)31-19-13-40-39-10-9-27-23(35)18(12-20(33)32-21)29-22(34)15(3)28-24(36)17(30-25(19)37)11-16-7-5-4-6-8-16/h4-8,14-15,17-19,21H,9-13H2,1-3H3,(H,27,35)(H,28,36)(H,29,34)(H,30,37)(H,31,38)(H,32,33)/t15-,17-,18-,19+,21+/m0/s1. The first kappa shape index (κ1) is 31.3. The number of benzene rings is 1. The van der Waals surface area contributed by atoms with Crippen molar-refractivity contribution in [3.05, 3.63) is 35.9 Å². The molecule has 12 nitrogen and oxygen atoms in total. The molecule has 2 saturated heterocycles. The molecule has 2 heterocycles. The van der Waals surface area contributed by atoms with Crippen LogP contribution < -0.4 is 31.9 Å². The molecule has 0 saturated carbocycles. The minimum absolute atomic E-state index is 0.144. The Hall–Kier alpha value is -3.26. The normalized spacial score (nSPS) is 27.9. The molecule has 40 heavy (non-hydrogen) atoms. The molecule has 6 N–H and O–H groups in total. The third kappa shape index (κ3) is 9.15. The Labute approximate surface area is 241 Å². The van der Waals surface area contributed by atoms with E-state index in [-0.39, 0.29) is 24.6 Å². The molecule has 5 atom stereocenters. The van der Waals surface area contributed by atoms with Gasteiger partial charge in [-0.25, -0.2) is 0 Å². The molecule has 0 aliphatic carbocycles. The van der Waals surface area contributed by atoms with E-state index in [0.29, 0.717) is 5.75 Å². The van der Waals surface area contributed by atoms with Gasteiger partial charge in [-0.3, -0.25) is 28.8 Å². The molecule has 0 spiro atoms. The fraction of sp³-hybridized carbons (Fsp3) is 0.538. The van der Waals surface area contributed by atoms with E-state index in [4.69, 9.17) is 0 Å². The lowest BCUT2D eigenvalue weighted by molar-refractivity contribution is -0.136. The molecule has 0 aromatic heterocycles. The maximum absolute atomic E-state index is 13.5. The third-order valence-corrected chi connectivity index (χ3v) is 8.81. The Morgan fingerprint density at radius 1 is 0.775 bits per heavy atom. The van der Waals surface area contributed by atoms with Crippen molar-refractivity contribution in [2.45, 2.75) is 63.8 Å². The van der Waals surface area contributed by atoms with Crippen LogP contribution in [0, 0.1) is 5.92 Å². The van der Waals surface area contributed by atoms with Crippen molar-refractivity contribution in [3.8, 4) is 0 Å². The van der Waals surface area contributed by atoms with Crippen LogP contribution >= 0.6 is 21.6 Å². The summed E-state index contributed by atoms with van der Waals surface area (Å²) in [5.41, 5.74) is 0.783. The first-order valence-corrected chi connectivity index (χ1v) is 15.6. The van der Waals surface area contributed by atoms with Crippen molar-refractivity contribution in [1.82, 2.24) is 31.9 Å². The Kier molecular flexibility index (Phi) is 11.7. The largest absolute Gasteiger partial charge is 0.353 e. The molecule has 6 amide bonds. The first-order valence-electron chi connectivity index (χ1n) is 13.1. The number of hydrogen-bond acceptors (Lipinski definition) is 8. The predicted molar refractivity (Wildman–Crippen MR) is 153 cm³/mol. The van der Waals surface area contributed by atoms with E-state index in [2.05, 4.69) is 31.9 Å². The van der Waals surface area contributed by atoms with Gasteiger partial charge in [-0.05, 0) is 18.4 Å². The maximum atomic E-state index is 13.5. The van der Waals surface area contributed by atoms with Crippen LogP contribution in [-0.2, 0) is 35.2 Å². The number of nitrogens with one attached hydrogen (secondary N) is 6. The van der Waals surface area contributed by atoms with Crippen LogP contribution in [0.25, 0.3) is 0 Å². The molecule has 0 radical (unpaired) electrons. The molecule has 1 aromatic rings. The SMILES string of the molecule is CC(C)[C@H]1NC(=O)C[C@@H]2NC(=O)[C@H](C)NC(=O)[C@H](Cc3ccccc3)NC(=O)[C@@H](CSSCCNC2=O)NC1=O. The fourth-order valence-corrected chi connectivity index (χ4v) is 6.20. The maximum Gasteiger partial charge on any atom is 0.244 e. The second-order valence-electron chi connectivity index (χ2n) is 9.99. The summed E-state index contributed by atoms with van der Waals surface area (Å²) < 4.78 is 0. The third-order valence-electron chi connectivity index (χ3n) is 6.39. The molecule has 2 bridgehead atoms. The van der Waals surface area contributed by atoms with Gasteiger partial charge in [0.15, 0.2) is 0 Å². The summed E-state index contributed by atoms with van der Waals surface area (Å²) in [7, 11) is 2.73. The Morgan fingerprint density at radius 2 is 1.48 bits per heavy atom. The van der Waals surface area contributed by atoms with Crippen molar-refractivity contribution in [1.29, 1.82) is 0 Å². The predicted octanol–water partition coefficient (Wildman–Crippen LogP) is -0.756. The minimum Gasteiger partial charge on any atom is -0.353 e. The van der Waals surface area contributed by atoms with Crippen molar-refractivity contribution < 1.29 is 28.8 Å². The summed E-state index contributed by atoms with van der Waals surface area (Å²) in [6.07, 6.45) is -0.276. The minimum atomic E-state index is -1.23. The second-order valence-corrected chi connectivity index (χ2v) is 12.6. The highest BCUT2D eigenvalue weighted by molar-refractivity contribution is 8.76. The quantitative estimate of drug-likeness (QED) is 0.249. The van der Waals surface area contributed by atoms with Crippen LogP contribution in [0.5, 0.6) is 0 Å². The highest BCUT2D eigenvalue weighted by Crippen LogP contribution is 2.22. The van der Waals surface area contributed by atoms with Crippen molar-refractivity contribution in [2.75, 3.05) is 18.1 Å². The number of carbonyl (C=O) groups excluding carboxylic acids is 6. The van der Waals surface area contributed by atoms with E-state index in [0.717, 1.165) is 5.56 Å². The van der Waals surface area contributed by atoms with Crippen molar-refractivity contribution in [3.63, 3.8) is 0 Å². The van der Waals surface area contributed by atoms with Crippen LogP contribution in [-0.4, -0.2) is 83.7 Å². The van der Waals surface area contributed by atoms with E-state index in [9.17, 15) is 28.8 Å². The fourth-order valence-electron chi connectivity index (χ4n) is 4.13. The summed E-state index contributed by atoms with van der Waals surface area (Å²) in [6.45, 7) is 5.19. The second kappa shape index (κ2) is 14.9.